The standard InChI is InChI=1S/C18H24N4O2S/c1-22(2)15(16-9-6-10-25-16)12-20-17(23)14(21-18(19)24)11-13-7-4-3-5-8-13/h3-10,14-15H,11-12H2,1-2H3,(H,20,23)(H3,19,21,24)/t14-,15+/m1/s1. The van der Waals surface area contributed by atoms with Crippen LogP contribution >= 0.6 is 11.3 Å². The Labute approximate surface area is 152 Å². The van der Waals surface area contributed by atoms with Crippen molar-refractivity contribution in [1.29, 1.82) is 0 Å². The molecule has 2 rings (SSSR count). The molecule has 2 atom stereocenters. The number of nitrogens with one attached hydrogen (secondary N) is 2. The third kappa shape index (κ3) is 5.88. The van der Waals surface area contributed by atoms with E-state index in [1.165, 1.54) is 4.88 Å². The van der Waals surface area contributed by atoms with Crippen LogP contribution < -0.4 is 16.4 Å². The maximum Gasteiger partial charge on any atom is 0.312 e. The number of hydrogen-bond acceptors (Lipinski definition) is 4. The first-order valence-corrected chi connectivity index (χ1v) is 8.92. The van der Waals surface area contributed by atoms with Crippen LogP contribution in [-0.2, 0) is 11.2 Å². The van der Waals surface area contributed by atoms with Gasteiger partial charge in [0.1, 0.15) is 6.04 Å². The number of likely N-dealkylation sites (N-methyl/N-ethyl adjacent to an activating group) is 1. The first-order chi connectivity index (χ1) is 12.0. The number of benzene rings is 1. The minimum atomic E-state index is -0.710. The lowest BCUT2D eigenvalue weighted by Crippen LogP contribution is -2.50. The Morgan fingerprint density at radius 1 is 1.16 bits per heavy atom. The summed E-state index contributed by atoms with van der Waals surface area (Å²) in [5, 5.41) is 7.48. The zero-order chi connectivity index (χ0) is 18.2. The van der Waals surface area contributed by atoms with Crippen molar-refractivity contribution in [2.75, 3.05) is 20.6 Å². The van der Waals surface area contributed by atoms with Gasteiger partial charge in [0.2, 0.25) is 5.91 Å². The molecule has 0 saturated heterocycles. The summed E-state index contributed by atoms with van der Waals surface area (Å²) in [5.41, 5.74) is 6.19. The van der Waals surface area contributed by atoms with Crippen molar-refractivity contribution in [3.63, 3.8) is 0 Å². The van der Waals surface area contributed by atoms with Crippen molar-refractivity contribution < 1.29 is 9.59 Å². The fraction of sp³-hybridized carbons (Fsp3) is 0.333. The molecule has 1 heterocycles. The van der Waals surface area contributed by atoms with Crippen LogP contribution in [0.4, 0.5) is 4.79 Å². The monoisotopic (exact) mass is 360 g/mol. The lowest BCUT2D eigenvalue weighted by Gasteiger charge is -2.25. The van der Waals surface area contributed by atoms with Crippen LogP contribution in [0.15, 0.2) is 47.8 Å². The summed E-state index contributed by atoms with van der Waals surface area (Å²) in [6.07, 6.45) is 0.390. The Bertz CT molecular complexity index is 674. The van der Waals surface area contributed by atoms with Gasteiger partial charge in [-0.15, -0.1) is 11.3 Å². The zero-order valence-corrected chi connectivity index (χ0v) is 15.3. The van der Waals surface area contributed by atoms with Gasteiger partial charge in [0.25, 0.3) is 0 Å². The Morgan fingerprint density at radius 2 is 1.88 bits per heavy atom. The van der Waals surface area contributed by atoms with Crippen molar-refractivity contribution in [3.05, 3.63) is 58.3 Å². The summed E-state index contributed by atoms with van der Waals surface area (Å²) in [6.45, 7) is 0.456. The van der Waals surface area contributed by atoms with Crippen LogP contribution in [0.3, 0.4) is 0 Å². The van der Waals surface area contributed by atoms with Gasteiger partial charge in [-0.3, -0.25) is 4.79 Å². The summed E-state index contributed by atoms with van der Waals surface area (Å²) in [6, 6.07) is 12.2. The van der Waals surface area contributed by atoms with E-state index in [2.05, 4.69) is 15.5 Å². The van der Waals surface area contributed by atoms with Crippen molar-refractivity contribution in [3.8, 4) is 0 Å². The molecule has 134 valence electrons. The third-order valence-electron chi connectivity index (χ3n) is 3.88. The molecule has 3 amide bonds. The van der Waals surface area contributed by atoms with E-state index in [9.17, 15) is 9.59 Å². The molecule has 7 heteroatoms. The van der Waals surface area contributed by atoms with Crippen LogP contribution in [0.25, 0.3) is 0 Å². The van der Waals surface area contributed by atoms with Gasteiger partial charge in [-0.1, -0.05) is 36.4 Å². The molecule has 0 unspecified atom stereocenters. The van der Waals surface area contributed by atoms with Gasteiger partial charge in [0.15, 0.2) is 0 Å². The largest absolute Gasteiger partial charge is 0.352 e. The molecule has 0 saturated carbocycles. The van der Waals surface area contributed by atoms with Crippen LogP contribution in [0, 0.1) is 0 Å². The molecule has 1 aromatic carbocycles. The number of carbonyl (C=O) groups is 2. The van der Waals surface area contributed by atoms with Crippen LogP contribution in [0.2, 0.25) is 0 Å². The van der Waals surface area contributed by atoms with Crippen molar-refractivity contribution in [2.24, 2.45) is 5.73 Å². The molecule has 25 heavy (non-hydrogen) atoms. The van der Waals surface area contributed by atoms with Crippen LogP contribution in [-0.4, -0.2) is 43.5 Å². The Kier molecular flexibility index (Phi) is 6.97. The average Bonchev–Trinajstić information content (AvgIpc) is 3.08. The second kappa shape index (κ2) is 9.19. The lowest BCUT2D eigenvalue weighted by molar-refractivity contribution is -0.123. The molecule has 0 bridgehead atoms. The van der Waals surface area contributed by atoms with Gasteiger partial charge in [-0.2, -0.15) is 0 Å². The molecule has 0 fully saturated rings. The van der Waals surface area contributed by atoms with Gasteiger partial charge in [-0.05, 0) is 31.1 Å². The molecule has 0 radical (unpaired) electrons. The summed E-state index contributed by atoms with van der Waals surface area (Å²) in [7, 11) is 3.94. The first-order valence-electron chi connectivity index (χ1n) is 8.05. The summed E-state index contributed by atoms with van der Waals surface area (Å²) < 4.78 is 0. The van der Waals surface area contributed by atoms with Gasteiger partial charge < -0.3 is 21.3 Å². The molecule has 1 aromatic heterocycles. The van der Waals surface area contributed by atoms with Gasteiger partial charge in [-0.25, -0.2) is 4.79 Å². The first kappa shape index (κ1) is 19.0. The Hall–Kier alpha value is -2.38. The van der Waals surface area contributed by atoms with E-state index in [1.807, 2.05) is 61.9 Å². The molecular weight excluding hydrogens is 336 g/mol. The SMILES string of the molecule is CN(C)[C@@H](CNC(=O)[C@@H](Cc1ccccc1)NC(N)=O)c1cccs1. The fourth-order valence-electron chi connectivity index (χ4n) is 2.57. The predicted molar refractivity (Wildman–Crippen MR) is 100 cm³/mol. The van der Waals surface area contributed by atoms with Gasteiger partial charge in [0, 0.05) is 17.8 Å². The number of nitrogens with two attached hydrogens (primary N) is 1. The third-order valence-corrected chi connectivity index (χ3v) is 4.85. The van der Waals surface area contributed by atoms with Crippen LogP contribution in [0.5, 0.6) is 0 Å². The van der Waals surface area contributed by atoms with Gasteiger partial charge >= 0.3 is 6.03 Å². The second-order valence-corrected chi connectivity index (χ2v) is 6.97. The van der Waals surface area contributed by atoms with Gasteiger partial charge in [0.05, 0.1) is 6.04 Å². The smallest absolute Gasteiger partial charge is 0.312 e. The molecule has 4 N–H and O–H groups in total. The van der Waals surface area contributed by atoms with Crippen molar-refractivity contribution >= 4 is 23.3 Å². The summed E-state index contributed by atoms with van der Waals surface area (Å²) >= 11 is 1.65. The molecule has 0 aliphatic rings. The Balaban J connectivity index is 2.01. The normalized spacial score (nSPS) is 13.2. The molecule has 0 aliphatic carbocycles. The fourth-order valence-corrected chi connectivity index (χ4v) is 3.49. The number of urea groups is 1. The molecule has 0 spiro atoms. The van der Waals surface area contributed by atoms with Crippen molar-refractivity contribution in [1.82, 2.24) is 15.5 Å². The predicted octanol–water partition coefficient (Wildman–Crippen LogP) is 1.75. The number of hydrogen-bond donors (Lipinski definition) is 3. The summed E-state index contributed by atoms with van der Waals surface area (Å²) in [5.74, 6) is -0.244. The van der Waals surface area contributed by atoms with E-state index < -0.39 is 12.1 Å². The highest BCUT2D eigenvalue weighted by Gasteiger charge is 2.22. The highest BCUT2D eigenvalue weighted by atomic mass is 32.1. The minimum Gasteiger partial charge on any atom is -0.352 e. The van der Waals surface area contributed by atoms with E-state index in [4.69, 9.17) is 5.73 Å². The molecule has 2 aromatic rings. The molecular formula is C18H24N4O2S. The highest BCUT2D eigenvalue weighted by Crippen LogP contribution is 2.22. The summed E-state index contributed by atoms with van der Waals surface area (Å²) in [4.78, 5) is 27.1. The second-order valence-electron chi connectivity index (χ2n) is 5.99. The van der Waals surface area contributed by atoms with E-state index >= 15 is 0 Å². The topological polar surface area (TPSA) is 87.5 Å². The maximum atomic E-state index is 12.6. The molecule has 6 nitrogen and oxygen atoms in total. The van der Waals surface area contributed by atoms with E-state index in [1.54, 1.807) is 11.3 Å². The van der Waals surface area contributed by atoms with E-state index in [0.717, 1.165) is 5.56 Å². The van der Waals surface area contributed by atoms with E-state index in [0.29, 0.717) is 13.0 Å². The molecule has 0 aliphatic heterocycles. The van der Waals surface area contributed by atoms with E-state index in [-0.39, 0.29) is 11.9 Å². The lowest BCUT2D eigenvalue weighted by atomic mass is 10.1. The number of thiophene rings is 1. The zero-order valence-electron chi connectivity index (χ0n) is 14.4. The minimum absolute atomic E-state index is 0.0786. The number of amides is 3. The number of nitrogens with zero attached hydrogens (tertiary/aromatic N) is 1. The average molecular weight is 360 g/mol. The van der Waals surface area contributed by atoms with Crippen LogP contribution in [0.1, 0.15) is 16.5 Å². The number of primary amides is 1. The number of rotatable bonds is 8. The Morgan fingerprint density at radius 3 is 2.44 bits per heavy atom. The van der Waals surface area contributed by atoms with Crippen molar-refractivity contribution in [2.45, 2.75) is 18.5 Å². The quantitative estimate of drug-likeness (QED) is 0.670. The maximum absolute atomic E-state index is 12.6. The number of carbonyl (C=O) groups excluding carboxylic acids is 2. The highest BCUT2D eigenvalue weighted by molar-refractivity contribution is 7.10.